The Labute approximate surface area is 611 Å². The minimum absolute atomic E-state index is 0.310. The number of ether oxygens (including phenoxy) is 10. The van der Waals surface area contributed by atoms with E-state index in [4.69, 9.17) is 58.8 Å². The standard InChI is InChI=1S/C45H57NO7.C42H51NO7/c1-3-5-7-8-10-14-32-49-38-22-20-37(21-23-38)44(47)52-39-24-16-35(17-25-39)36-18-26-40(27-19-36)53-45(48)42-29-28-41(50-31-13-6-4-2)34-43(42)51-33-15-11-9-12-30-46;1-3-5-7-8-9-11-29-46-35-19-17-34(18-20-35)41(44)49-36-21-13-32(14-22-36)33-15-23-37(24-16-33)50-42(45)39-26-25-38(47-28-10-6-4-2)31-40(39)48-30-12-27-43/h16-29,34H,3-15,30-33,46H2,1-2H3;13-26,31H,3-12,27-30,43H2,1-2H3. The van der Waals surface area contributed by atoms with Crippen LogP contribution in [0.5, 0.6) is 57.5 Å². The highest BCUT2D eigenvalue weighted by atomic mass is 16.6. The van der Waals surface area contributed by atoms with Crippen molar-refractivity contribution in [1.82, 2.24) is 0 Å². The molecule has 103 heavy (non-hydrogen) atoms. The molecule has 0 unspecified atom stereocenters. The van der Waals surface area contributed by atoms with Gasteiger partial charge >= 0.3 is 23.9 Å². The zero-order valence-electron chi connectivity index (χ0n) is 61.1. The fourth-order valence-corrected chi connectivity index (χ4v) is 10.9. The molecular formula is C87H108N2O14. The highest BCUT2D eigenvalue weighted by Crippen LogP contribution is 2.32. The summed E-state index contributed by atoms with van der Waals surface area (Å²) in [5, 5.41) is 0. The van der Waals surface area contributed by atoms with Gasteiger partial charge in [-0.15, -0.1) is 0 Å². The molecular weight excluding hydrogens is 1300 g/mol. The van der Waals surface area contributed by atoms with Gasteiger partial charge in [0.1, 0.15) is 68.6 Å². The third-order valence-electron chi connectivity index (χ3n) is 17.0. The number of hydrogen-bond acceptors (Lipinski definition) is 16. The van der Waals surface area contributed by atoms with Crippen LogP contribution in [0.4, 0.5) is 0 Å². The van der Waals surface area contributed by atoms with Crippen molar-refractivity contribution in [3.05, 3.63) is 204 Å². The maximum absolute atomic E-state index is 13.3. The van der Waals surface area contributed by atoms with Crippen molar-refractivity contribution in [2.24, 2.45) is 11.5 Å². The van der Waals surface area contributed by atoms with Crippen LogP contribution in [0.1, 0.15) is 217 Å². The normalized spacial score (nSPS) is 10.8. The first kappa shape index (κ1) is 80.7. The maximum atomic E-state index is 13.3. The van der Waals surface area contributed by atoms with E-state index in [0.29, 0.717) is 127 Å². The molecule has 0 heterocycles. The van der Waals surface area contributed by atoms with Gasteiger partial charge in [0.25, 0.3) is 0 Å². The fraction of sp³-hybridized carbons (Fsp3) is 0.402. The van der Waals surface area contributed by atoms with E-state index in [1.165, 1.54) is 64.2 Å². The predicted molar refractivity (Wildman–Crippen MR) is 409 cm³/mol. The average Bonchev–Trinajstić information content (AvgIpc) is 0.858. The van der Waals surface area contributed by atoms with Crippen molar-refractivity contribution in [3.8, 4) is 79.7 Å². The van der Waals surface area contributed by atoms with E-state index in [2.05, 4.69) is 27.7 Å². The number of carbonyl (C=O) groups is 4. The smallest absolute Gasteiger partial charge is 0.347 e. The summed E-state index contributed by atoms with van der Waals surface area (Å²) in [5.74, 6) is 3.44. The lowest BCUT2D eigenvalue weighted by atomic mass is 10.1. The minimum atomic E-state index is -0.528. The summed E-state index contributed by atoms with van der Waals surface area (Å²) >= 11 is 0. The van der Waals surface area contributed by atoms with Crippen molar-refractivity contribution >= 4 is 23.9 Å². The van der Waals surface area contributed by atoms with Crippen LogP contribution in [0.15, 0.2) is 182 Å². The van der Waals surface area contributed by atoms with Crippen LogP contribution < -0.4 is 58.8 Å². The number of unbranched alkanes of at least 4 members (excludes halogenated alkanes) is 17. The monoisotopic (exact) mass is 1400 g/mol. The molecule has 0 saturated heterocycles. The molecule has 0 saturated carbocycles. The summed E-state index contributed by atoms with van der Waals surface area (Å²) in [4.78, 5) is 52.0. The topological polar surface area (TPSA) is 213 Å². The number of nitrogens with two attached hydrogens (primary N) is 2. The van der Waals surface area contributed by atoms with Gasteiger partial charge in [-0.2, -0.15) is 0 Å². The third kappa shape index (κ3) is 29.7. The number of benzene rings is 8. The molecule has 0 aromatic heterocycles. The summed E-state index contributed by atoms with van der Waals surface area (Å²) in [6.45, 7) is 13.3. The van der Waals surface area contributed by atoms with Crippen LogP contribution in [-0.2, 0) is 0 Å². The van der Waals surface area contributed by atoms with Crippen molar-refractivity contribution in [3.63, 3.8) is 0 Å². The lowest BCUT2D eigenvalue weighted by molar-refractivity contribution is 0.0720. The molecule has 4 N–H and O–H groups in total. The maximum Gasteiger partial charge on any atom is 0.347 e. The van der Waals surface area contributed by atoms with E-state index in [9.17, 15) is 19.2 Å². The summed E-state index contributed by atoms with van der Waals surface area (Å²) in [6, 6.07) is 53.5. The van der Waals surface area contributed by atoms with Gasteiger partial charge in [0, 0.05) is 12.1 Å². The van der Waals surface area contributed by atoms with Gasteiger partial charge in [-0.25, -0.2) is 19.2 Å². The molecule has 16 heteroatoms. The Morgan fingerprint density at radius 2 is 0.485 bits per heavy atom. The summed E-state index contributed by atoms with van der Waals surface area (Å²) in [6.07, 6.45) is 25.4. The molecule has 8 aromatic carbocycles. The lowest BCUT2D eigenvalue weighted by Crippen LogP contribution is -2.13. The summed E-state index contributed by atoms with van der Waals surface area (Å²) in [5.41, 5.74) is 16.5. The van der Waals surface area contributed by atoms with Gasteiger partial charge in [-0.1, -0.05) is 179 Å². The first-order chi connectivity index (χ1) is 50.5. The van der Waals surface area contributed by atoms with Crippen LogP contribution in [0.2, 0.25) is 0 Å². The van der Waals surface area contributed by atoms with Crippen LogP contribution in [0.3, 0.4) is 0 Å². The molecule has 0 aliphatic rings. The van der Waals surface area contributed by atoms with E-state index >= 15 is 0 Å². The second-order valence-corrected chi connectivity index (χ2v) is 25.4. The van der Waals surface area contributed by atoms with Gasteiger partial charge in [-0.05, 0) is 202 Å². The van der Waals surface area contributed by atoms with Gasteiger partial charge in [-0.3, -0.25) is 0 Å². The quantitative estimate of drug-likeness (QED) is 0.0206. The Morgan fingerprint density at radius 3 is 0.816 bits per heavy atom. The van der Waals surface area contributed by atoms with Gasteiger partial charge < -0.3 is 58.8 Å². The Morgan fingerprint density at radius 1 is 0.243 bits per heavy atom. The fourth-order valence-electron chi connectivity index (χ4n) is 10.9. The number of carbonyl (C=O) groups excluding carboxylic acids is 4. The molecule has 0 aliphatic heterocycles. The van der Waals surface area contributed by atoms with Crippen molar-refractivity contribution in [2.45, 2.75) is 175 Å². The zero-order chi connectivity index (χ0) is 72.9. The van der Waals surface area contributed by atoms with E-state index in [1.807, 2.05) is 48.5 Å². The molecule has 8 rings (SSSR count). The summed E-state index contributed by atoms with van der Waals surface area (Å²) < 4.78 is 58.0. The van der Waals surface area contributed by atoms with E-state index < -0.39 is 23.9 Å². The third-order valence-corrected chi connectivity index (χ3v) is 17.0. The molecule has 0 spiro atoms. The lowest BCUT2D eigenvalue weighted by Gasteiger charge is -2.14. The van der Waals surface area contributed by atoms with Crippen molar-refractivity contribution in [2.75, 3.05) is 52.7 Å². The van der Waals surface area contributed by atoms with E-state index in [1.54, 1.807) is 133 Å². The molecule has 16 nitrogen and oxygen atoms in total. The highest BCUT2D eigenvalue weighted by molar-refractivity contribution is 5.95. The van der Waals surface area contributed by atoms with Gasteiger partial charge in [0.2, 0.25) is 0 Å². The predicted octanol–water partition coefficient (Wildman–Crippen LogP) is 20.8. The molecule has 0 radical (unpaired) electrons. The van der Waals surface area contributed by atoms with Crippen LogP contribution >= 0.6 is 0 Å². The Bertz CT molecular complexity index is 3710. The number of esters is 4. The number of rotatable bonds is 47. The number of hydrogen-bond donors (Lipinski definition) is 2. The second kappa shape index (κ2) is 47.5. The van der Waals surface area contributed by atoms with E-state index in [-0.39, 0.29) is 0 Å². The minimum Gasteiger partial charge on any atom is -0.494 e. The Hall–Kier alpha value is -9.64. The first-order valence-electron chi connectivity index (χ1n) is 37.5. The SMILES string of the molecule is CCCCCCCCOc1ccc(C(=O)Oc2ccc(-c3ccc(OC(=O)c4ccc(OCCCCC)cc4OCCCCCCN)cc3)cc2)cc1.CCCCCCCCOc1ccc(C(=O)Oc2ccc(-c3ccc(OC(=O)c4ccc(OCCCCC)cc4OCCCN)cc3)cc2)cc1. The molecule has 0 fully saturated rings. The van der Waals surface area contributed by atoms with Gasteiger partial charge in [0.15, 0.2) is 0 Å². The first-order valence-corrected chi connectivity index (χ1v) is 37.5. The Balaban J connectivity index is 0.000000289. The van der Waals surface area contributed by atoms with Crippen molar-refractivity contribution in [1.29, 1.82) is 0 Å². The molecule has 8 aromatic rings. The highest BCUT2D eigenvalue weighted by Gasteiger charge is 2.20. The largest absolute Gasteiger partial charge is 0.494 e. The van der Waals surface area contributed by atoms with Crippen LogP contribution in [0, 0.1) is 0 Å². The second-order valence-electron chi connectivity index (χ2n) is 25.4. The zero-order valence-corrected chi connectivity index (χ0v) is 61.1. The Kier molecular flexibility index (Phi) is 37.2. The molecule has 550 valence electrons. The molecule has 0 bridgehead atoms. The van der Waals surface area contributed by atoms with Gasteiger partial charge in [0.05, 0.1) is 50.8 Å². The average molecular weight is 1410 g/mol. The van der Waals surface area contributed by atoms with Crippen LogP contribution in [0.25, 0.3) is 22.3 Å². The molecule has 0 amide bonds. The molecule has 0 atom stereocenters. The van der Waals surface area contributed by atoms with E-state index in [0.717, 1.165) is 111 Å². The summed E-state index contributed by atoms with van der Waals surface area (Å²) in [7, 11) is 0. The molecule has 0 aliphatic carbocycles. The van der Waals surface area contributed by atoms with Crippen LogP contribution in [-0.4, -0.2) is 76.6 Å². The van der Waals surface area contributed by atoms with Crippen molar-refractivity contribution < 1.29 is 66.5 Å².